The minimum absolute atomic E-state index is 0.0261. The number of carbonyl (C=O) groups excluding carboxylic acids is 5. The summed E-state index contributed by atoms with van der Waals surface area (Å²) in [6.07, 6.45) is 0. The maximum Gasteiger partial charge on any atom is 0.337 e. The lowest BCUT2D eigenvalue weighted by atomic mass is 10.1. The Morgan fingerprint density at radius 3 is 0.962 bits per heavy atom. The maximum atomic E-state index is 14.0. The SMILES string of the molecule is COC(=O)c1cccc(CN(CC(=O)NO)Cc2cccc(C(=O)O)c2)c1.COc1ccc(CN(CC(=O)NO)Cc2ccc(F)c(O)c2F)cc1.O=C(CN(Cc1cc(F)c(O)c(F)c1)Cc1cc(F)c(O)c(F)c1)NO.O=C(CN(Cc1ccc(F)c(O)c1F)Cc1ccc(F)c(O)c1F)NO. The van der Waals surface area contributed by atoms with Gasteiger partial charge in [-0.25, -0.2) is 75.4 Å². The number of aromatic hydroxyl groups is 5. The third-order valence-corrected chi connectivity index (χ3v) is 14.5. The second-order valence-corrected chi connectivity index (χ2v) is 22.2. The number of carboxylic acid groups (broad SMARTS) is 1. The third kappa shape index (κ3) is 25.2. The van der Waals surface area contributed by atoms with E-state index in [1.165, 1.54) is 58.7 Å². The molecule has 4 amide bonds. The summed E-state index contributed by atoms with van der Waals surface area (Å²) in [5.41, 5.74) is 8.31. The Hall–Kier alpha value is -11.6. The summed E-state index contributed by atoms with van der Waals surface area (Å²) in [6.45, 7) is -1.83. The van der Waals surface area contributed by atoms with Gasteiger partial charge in [-0.3, -0.25) is 59.6 Å². The van der Waals surface area contributed by atoms with Crippen LogP contribution in [0.3, 0.4) is 0 Å². The van der Waals surface area contributed by atoms with E-state index in [1.54, 1.807) is 71.0 Å². The standard InChI is InChI=1S/C19H20N2O6.C17H18F2N2O4.2C16H14F4N2O4/c1-27-19(25)16-7-3-5-14(9-16)11-21(12-17(22)20-26)10-13-4-2-6-15(8-13)18(23)24;1-25-13-5-2-11(3-6-13)8-21(10-15(22)20-24)9-12-4-7-14(18)17(23)16(12)19;17-10-1-8(2-11(18)15(10)24)5-22(7-14(23)21-26)6-9-3-12(19)16(25)13(20)4-9;17-10-3-1-8(13(19)15(10)24)5-22(7-12(23)21-26)6-9-2-4-11(18)16(25)14(9)20/h2-9,26H,10-12H2,1H3,(H,20,22)(H,23,24);2-7,23-24H,8-10H2,1H3,(H,20,22);2*1-4,24-26H,5-7H2,(H,21,23). The molecule has 0 aromatic heterocycles. The molecule has 0 fully saturated rings. The van der Waals surface area contributed by atoms with Gasteiger partial charge < -0.3 is 40.1 Å². The van der Waals surface area contributed by atoms with Gasteiger partial charge in [0.2, 0.25) is 0 Å². The van der Waals surface area contributed by atoms with E-state index >= 15 is 0 Å². The van der Waals surface area contributed by atoms with Crippen LogP contribution in [-0.2, 0) is 76.3 Å². The summed E-state index contributed by atoms with van der Waals surface area (Å²) in [6, 6.07) is 29.3. The molecule has 104 heavy (non-hydrogen) atoms. The fourth-order valence-corrected chi connectivity index (χ4v) is 9.62. The first kappa shape index (κ1) is 83.0. The summed E-state index contributed by atoms with van der Waals surface area (Å²) < 4.78 is 145. The van der Waals surface area contributed by atoms with Crippen molar-refractivity contribution in [3.63, 3.8) is 0 Å². The summed E-state index contributed by atoms with van der Waals surface area (Å²) >= 11 is 0. The molecule has 0 saturated heterocycles. The predicted octanol–water partition coefficient (Wildman–Crippen LogP) is 8.19. The average Bonchev–Trinajstić information content (AvgIpc) is 0.815. The smallest absolute Gasteiger partial charge is 0.337 e. The van der Waals surface area contributed by atoms with E-state index in [0.717, 1.165) is 70.6 Å². The highest BCUT2D eigenvalue weighted by Crippen LogP contribution is 2.30. The van der Waals surface area contributed by atoms with Gasteiger partial charge in [-0.15, -0.1) is 0 Å². The molecule has 0 spiro atoms. The molecule has 26 nitrogen and oxygen atoms in total. The topological polar surface area (TPSA) is 384 Å². The van der Waals surface area contributed by atoms with E-state index < -0.39 is 136 Å². The van der Waals surface area contributed by atoms with Crippen LogP contribution in [0.15, 0.2) is 133 Å². The van der Waals surface area contributed by atoms with Crippen LogP contribution in [0.1, 0.15) is 65.2 Å². The normalized spacial score (nSPS) is 10.8. The zero-order valence-electron chi connectivity index (χ0n) is 54.5. The lowest BCUT2D eigenvalue weighted by Crippen LogP contribution is -2.35. The number of hydrogen-bond acceptors (Lipinski definition) is 21. The Morgan fingerprint density at radius 2 is 0.644 bits per heavy atom. The minimum Gasteiger partial charge on any atom is -0.503 e. The van der Waals surface area contributed by atoms with Crippen LogP contribution in [-0.4, -0.2) is 147 Å². The number of amides is 4. The van der Waals surface area contributed by atoms with Crippen molar-refractivity contribution in [1.82, 2.24) is 41.5 Å². The molecule has 0 aliphatic heterocycles. The summed E-state index contributed by atoms with van der Waals surface area (Å²) in [5, 5.41) is 90.1. The zero-order chi connectivity index (χ0) is 77.1. The first-order valence-electron chi connectivity index (χ1n) is 29.9. The van der Waals surface area contributed by atoms with Gasteiger partial charge in [-0.1, -0.05) is 54.6 Å². The van der Waals surface area contributed by atoms with Gasteiger partial charge >= 0.3 is 11.9 Å². The van der Waals surface area contributed by atoms with Crippen molar-refractivity contribution in [2.75, 3.05) is 40.4 Å². The van der Waals surface area contributed by atoms with Crippen molar-refractivity contribution in [2.24, 2.45) is 0 Å². The number of nitrogens with zero attached hydrogens (tertiary/aromatic N) is 4. The molecule has 0 atom stereocenters. The van der Waals surface area contributed by atoms with Crippen molar-refractivity contribution in [1.29, 1.82) is 0 Å². The second-order valence-electron chi connectivity index (χ2n) is 22.2. The highest BCUT2D eigenvalue weighted by molar-refractivity contribution is 5.89. The largest absolute Gasteiger partial charge is 0.503 e. The predicted molar refractivity (Wildman–Crippen MR) is 340 cm³/mol. The number of benzene rings is 8. The number of methoxy groups -OCH3 is 2. The molecule has 8 rings (SSSR count). The van der Waals surface area contributed by atoms with E-state index in [2.05, 4.69) is 0 Å². The lowest BCUT2D eigenvalue weighted by Gasteiger charge is -2.22. The number of hydrogen-bond donors (Lipinski definition) is 14. The number of ether oxygens (including phenoxy) is 2. The van der Waals surface area contributed by atoms with Crippen molar-refractivity contribution in [2.45, 2.75) is 52.4 Å². The number of hydroxylamine groups is 4. The molecule has 14 N–H and O–H groups in total. The number of nitrogens with one attached hydrogen (secondary N) is 4. The number of carboxylic acids is 1. The number of carbonyl (C=O) groups is 6. The molecule has 0 unspecified atom stereocenters. The van der Waals surface area contributed by atoms with Crippen LogP contribution in [0.4, 0.5) is 43.9 Å². The van der Waals surface area contributed by atoms with Crippen LogP contribution < -0.4 is 26.7 Å². The summed E-state index contributed by atoms with van der Waals surface area (Å²) in [5.74, 6) is -21.6. The Kier molecular flexibility index (Phi) is 32.0. The molecule has 0 bridgehead atoms. The molecular weight excluding hydrogens is 1410 g/mol. The number of rotatable bonds is 27. The van der Waals surface area contributed by atoms with Crippen LogP contribution in [0, 0.1) is 58.2 Å². The molecule has 0 radical (unpaired) electrons. The van der Waals surface area contributed by atoms with Gasteiger partial charge in [0, 0.05) is 69.0 Å². The van der Waals surface area contributed by atoms with Crippen molar-refractivity contribution < 1.29 is 134 Å². The fourth-order valence-electron chi connectivity index (χ4n) is 9.62. The van der Waals surface area contributed by atoms with Crippen molar-refractivity contribution in [3.05, 3.63) is 247 Å². The van der Waals surface area contributed by atoms with E-state index in [4.69, 9.17) is 45.6 Å². The van der Waals surface area contributed by atoms with Crippen LogP contribution in [0.5, 0.6) is 34.5 Å². The van der Waals surface area contributed by atoms with E-state index in [0.29, 0.717) is 23.4 Å². The van der Waals surface area contributed by atoms with Crippen LogP contribution in [0.25, 0.3) is 0 Å². The van der Waals surface area contributed by atoms with Crippen molar-refractivity contribution in [3.8, 4) is 34.5 Å². The fraction of sp³-hybridized carbons (Fsp3) is 0.206. The Labute approximate surface area is 583 Å². The van der Waals surface area contributed by atoms with Gasteiger partial charge in [-0.05, 0) is 107 Å². The Bertz CT molecular complexity index is 4160. The third-order valence-electron chi connectivity index (χ3n) is 14.5. The molecule has 8 aromatic carbocycles. The van der Waals surface area contributed by atoms with E-state index in [9.17, 15) is 88.0 Å². The number of halogens is 10. The molecule has 0 saturated carbocycles. The van der Waals surface area contributed by atoms with Gasteiger partial charge in [0.05, 0.1) is 51.5 Å². The molecule has 8 aromatic rings. The average molecular weight is 1470 g/mol. The van der Waals surface area contributed by atoms with Crippen LogP contribution in [0.2, 0.25) is 0 Å². The number of phenolic OH excluding ortho intramolecular Hbond substituents is 5. The quantitative estimate of drug-likeness (QED) is 0.00998. The zero-order valence-corrected chi connectivity index (χ0v) is 54.5. The molecule has 36 heteroatoms. The Morgan fingerprint density at radius 1 is 0.346 bits per heavy atom. The summed E-state index contributed by atoms with van der Waals surface area (Å²) in [7, 11) is 2.83. The molecule has 556 valence electrons. The Balaban J connectivity index is 0.000000249. The lowest BCUT2D eigenvalue weighted by molar-refractivity contribution is -0.131. The number of phenols is 5. The van der Waals surface area contributed by atoms with Gasteiger partial charge in [0.15, 0.2) is 86.9 Å². The van der Waals surface area contributed by atoms with Crippen LogP contribution >= 0.6 is 0 Å². The highest BCUT2D eigenvalue weighted by atomic mass is 19.2. The highest BCUT2D eigenvalue weighted by Gasteiger charge is 2.24. The molecule has 0 heterocycles. The first-order chi connectivity index (χ1) is 49.3. The minimum atomic E-state index is -1.26. The van der Waals surface area contributed by atoms with Crippen molar-refractivity contribution >= 4 is 35.6 Å². The molecule has 0 aliphatic carbocycles. The summed E-state index contributed by atoms with van der Waals surface area (Å²) in [4.78, 5) is 74.3. The number of esters is 1. The van der Waals surface area contributed by atoms with E-state index in [1.807, 2.05) is 0 Å². The molecule has 0 aliphatic rings. The maximum absolute atomic E-state index is 14.0. The van der Waals surface area contributed by atoms with Gasteiger partial charge in [0.1, 0.15) is 5.75 Å². The number of aromatic carboxylic acids is 1. The second kappa shape index (κ2) is 40.1. The van der Waals surface area contributed by atoms with Gasteiger partial charge in [-0.2, -0.15) is 0 Å². The monoisotopic (exact) mass is 1470 g/mol. The molecular formula is C68H66F10N8O18. The van der Waals surface area contributed by atoms with E-state index in [-0.39, 0.29) is 92.3 Å². The van der Waals surface area contributed by atoms with Gasteiger partial charge in [0.25, 0.3) is 23.6 Å². The first-order valence-corrected chi connectivity index (χ1v) is 29.9.